The summed E-state index contributed by atoms with van der Waals surface area (Å²) in [7, 11) is 0. The summed E-state index contributed by atoms with van der Waals surface area (Å²) in [6, 6.07) is 0. The molecule has 0 fully saturated rings. The van der Waals surface area contributed by atoms with Crippen molar-refractivity contribution in [2.75, 3.05) is 6.61 Å². The molecule has 1 aromatic heterocycles. The third-order valence-corrected chi connectivity index (χ3v) is 3.18. The van der Waals surface area contributed by atoms with Crippen molar-refractivity contribution in [1.29, 1.82) is 0 Å². The van der Waals surface area contributed by atoms with Crippen molar-refractivity contribution in [2.45, 2.75) is 40.3 Å². The minimum Gasteiger partial charge on any atom is -0.371 e. The number of aromatic nitrogens is 1. The third kappa shape index (κ3) is 3.26. The quantitative estimate of drug-likeness (QED) is 0.862. The molecule has 0 bridgehead atoms. The average Bonchev–Trinajstić information content (AvgIpc) is 2.60. The minimum absolute atomic E-state index is 0.0628. The minimum atomic E-state index is 0.0628. The molecule has 1 atom stereocenters. The fraction of sp³-hybridized carbons (Fsp3) is 0.727. The summed E-state index contributed by atoms with van der Waals surface area (Å²) >= 11 is 1.65. The van der Waals surface area contributed by atoms with Gasteiger partial charge >= 0.3 is 0 Å². The highest BCUT2D eigenvalue weighted by Crippen LogP contribution is 2.37. The molecule has 0 aliphatic heterocycles. The van der Waals surface area contributed by atoms with E-state index < -0.39 is 0 Å². The van der Waals surface area contributed by atoms with Gasteiger partial charge in [-0.15, -0.1) is 11.3 Å². The van der Waals surface area contributed by atoms with Gasteiger partial charge in [0, 0.05) is 24.2 Å². The van der Waals surface area contributed by atoms with Crippen LogP contribution in [0.2, 0.25) is 0 Å². The SMILES string of the molecule is CCOC(c1ncc(CN)s1)C(C)(C)C. The zero-order valence-electron chi connectivity index (χ0n) is 9.91. The Labute approximate surface area is 95.7 Å². The third-order valence-electron chi connectivity index (χ3n) is 2.12. The number of nitrogens with two attached hydrogens (primary N) is 1. The van der Waals surface area contributed by atoms with Crippen LogP contribution in [0.3, 0.4) is 0 Å². The zero-order chi connectivity index (χ0) is 11.5. The number of ether oxygens (including phenoxy) is 1. The highest BCUT2D eigenvalue weighted by molar-refractivity contribution is 7.11. The number of thiazole rings is 1. The van der Waals surface area contributed by atoms with Crippen molar-refractivity contribution in [3.8, 4) is 0 Å². The highest BCUT2D eigenvalue weighted by atomic mass is 32.1. The maximum atomic E-state index is 5.76. The Morgan fingerprint density at radius 2 is 2.20 bits per heavy atom. The largest absolute Gasteiger partial charge is 0.371 e. The van der Waals surface area contributed by atoms with Crippen LogP contribution in [0.4, 0.5) is 0 Å². The molecular weight excluding hydrogens is 208 g/mol. The Hall–Kier alpha value is -0.450. The maximum absolute atomic E-state index is 5.76. The van der Waals surface area contributed by atoms with Crippen LogP contribution in [0.15, 0.2) is 6.20 Å². The van der Waals surface area contributed by atoms with Gasteiger partial charge < -0.3 is 10.5 Å². The van der Waals surface area contributed by atoms with Gasteiger partial charge in [-0.2, -0.15) is 0 Å². The van der Waals surface area contributed by atoms with Crippen LogP contribution in [0.5, 0.6) is 0 Å². The average molecular weight is 228 g/mol. The molecule has 0 amide bonds. The standard InChI is InChI=1S/C11H20N2OS/c1-5-14-9(11(2,3)4)10-13-7-8(6-12)15-10/h7,9H,5-6,12H2,1-4H3. The summed E-state index contributed by atoms with van der Waals surface area (Å²) in [5.74, 6) is 0. The lowest BCUT2D eigenvalue weighted by Gasteiger charge is -2.28. The Bertz CT molecular complexity index is 304. The molecule has 1 heterocycles. The summed E-state index contributed by atoms with van der Waals surface area (Å²) in [6.07, 6.45) is 1.91. The molecule has 0 saturated heterocycles. The van der Waals surface area contributed by atoms with Crippen LogP contribution < -0.4 is 5.73 Å². The van der Waals surface area contributed by atoms with Gasteiger partial charge in [0.2, 0.25) is 0 Å². The number of rotatable bonds is 4. The van der Waals surface area contributed by atoms with Gasteiger partial charge in [0.05, 0.1) is 0 Å². The van der Waals surface area contributed by atoms with Crippen molar-refractivity contribution in [3.63, 3.8) is 0 Å². The highest BCUT2D eigenvalue weighted by Gasteiger charge is 2.29. The Morgan fingerprint density at radius 1 is 1.53 bits per heavy atom. The lowest BCUT2D eigenvalue weighted by atomic mass is 9.89. The van der Waals surface area contributed by atoms with E-state index in [0.29, 0.717) is 13.2 Å². The molecule has 3 nitrogen and oxygen atoms in total. The van der Waals surface area contributed by atoms with E-state index in [2.05, 4.69) is 25.8 Å². The second kappa shape index (κ2) is 5.05. The van der Waals surface area contributed by atoms with Gasteiger partial charge in [-0.05, 0) is 12.3 Å². The van der Waals surface area contributed by atoms with Crippen LogP contribution in [0, 0.1) is 5.41 Å². The van der Waals surface area contributed by atoms with Crippen molar-refractivity contribution >= 4 is 11.3 Å². The van der Waals surface area contributed by atoms with Crippen LogP contribution >= 0.6 is 11.3 Å². The van der Waals surface area contributed by atoms with Gasteiger partial charge in [0.25, 0.3) is 0 Å². The van der Waals surface area contributed by atoms with E-state index in [1.165, 1.54) is 0 Å². The van der Waals surface area contributed by atoms with Crippen molar-refractivity contribution < 1.29 is 4.74 Å². The molecule has 0 radical (unpaired) electrons. The maximum Gasteiger partial charge on any atom is 0.122 e. The van der Waals surface area contributed by atoms with Crippen molar-refractivity contribution in [1.82, 2.24) is 4.98 Å². The van der Waals surface area contributed by atoms with Crippen molar-refractivity contribution in [3.05, 3.63) is 16.1 Å². The molecule has 0 aliphatic carbocycles. The van der Waals surface area contributed by atoms with E-state index >= 15 is 0 Å². The predicted molar refractivity (Wildman–Crippen MR) is 63.8 cm³/mol. The van der Waals surface area contributed by atoms with Crippen LogP contribution in [-0.4, -0.2) is 11.6 Å². The predicted octanol–water partition coefficient (Wildman–Crippen LogP) is 2.73. The molecule has 4 heteroatoms. The summed E-state index contributed by atoms with van der Waals surface area (Å²) < 4.78 is 5.76. The Kier molecular flexibility index (Phi) is 4.25. The van der Waals surface area contributed by atoms with Crippen LogP contribution in [0.1, 0.15) is 43.7 Å². The monoisotopic (exact) mass is 228 g/mol. The lowest BCUT2D eigenvalue weighted by molar-refractivity contribution is -0.0133. The number of hydrogen-bond donors (Lipinski definition) is 1. The molecule has 0 spiro atoms. The molecule has 1 unspecified atom stereocenters. The van der Waals surface area contributed by atoms with Crippen molar-refractivity contribution in [2.24, 2.45) is 11.1 Å². The molecule has 0 saturated carbocycles. The smallest absolute Gasteiger partial charge is 0.122 e. The van der Waals surface area contributed by atoms with E-state index in [1.54, 1.807) is 11.3 Å². The summed E-state index contributed by atoms with van der Waals surface area (Å²) in [4.78, 5) is 5.50. The van der Waals surface area contributed by atoms with Gasteiger partial charge in [0.1, 0.15) is 11.1 Å². The molecule has 0 aromatic carbocycles. The zero-order valence-corrected chi connectivity index (χ0v) is 10.7. The normalized spacial score (nSPS) is 14.2. The van der Waals surface area contributed by atoms with Crippen LogP contribution in [0.25, 0.3) is 0 Å². The van der Waals surface area contributed by atoms with Gasteiger partial charge in [-0.3, -0.25) is 0 Å². The van der Waals surface area contributed by atoms with E-state index in [-0.39, 0.29) is 11.5 Å². The van der Waals surface area contributed by atoms with Gasteiger partial charge in [-0.25, -0.2) is 4.98 Å². The number of hydrogen-bond acceptors (Lipinski definition) is 4. The second-order valence-corrected chi connectivity index (χ2v) is 5.72. The fourth-order valence-corrected chi connectivity index (χ4v) is 2.49. The van der Waals surface area contributed by atoms with Gasteiger partial charge in [0.15, 0.2) is 0 Å². The lowest BCUT2D eigenvalue weighted by Crippen LogP contribution is -2.21. The van der Waals surface area contributed by atoms with E-state index in [4.69, 9.17) is 10.5 Å². The first-order valence-electron chi connectivity index (χ1n) is 5.25. The molecule has 0 aliphatic rings. The van der Waals surface area contributed by atoms with E-state index in [1.807, 2.05) is 13.1 Å². The van der Waals surface area contributed by atoms with Crippen LogP contribution in [-0.2, 0) is 11.3 Å². The Balaban J connectivity index is 2.88. The number of nitrogens with zero attached hydrogens (tertiary/aromatic N) is 1. The molecule has 1 rings (SSSR count). The first-order valence-corrected chi connectivity index (χ1v) is 6.07. The first kappa shape index (κ1) is 12.6. The molecular formula is C11H20N2OS. The molecule has 1 aromatic rings. The fourth-order valence-electron chi connectivity index (χ4n) is 1.40. The van der Waals surface area contributed by atoms with E-state index in [9.17, 15) is 0 Å². The first-order chi connectivity index (χ1) is 6.99. The van der Waals surface area contributed by atoms with Gasteiger partial charge in [-0.1, -0.05) is 20.8 Å². The topological polar surface area (TPSA) is 48.1 Å². The summed E-state index contributed by atoms with van der Waals surface area (Å²) in [5, 5.41) is 1.03. The summed E-state index contributed by atoms with van der Waals surface area (Å²) in [6.45, 7) is 9.76. The molecule has 2 N–H and O–H groups in total. The Morgan fingerprint density at radius 3 is 2.60 bits per heavy atom. The summed E-state index contributed by atoms with van der Waals surface area (Å²) in [5.41, 5.74) is 5.65. The molecule has 86 valence electrons. The van der Waals surface area contributed by atoms with E-state index in [0.717, 1.165) is 9.88 Å². The second-order valence-electron chi connectivity index (χ2n) is 4.57. The molecule has 15 heavy (non-hydrogen) atoms.